The molecular formula is C30H37ClN4O3. The molecule has 1 aromatic heterocycles. The van der Waals surface area contributed by atoms with Gasteiger partial charge in [-0.05, 0) is 90.1 Å². The summed E-state index contributed by atoms with van der Waals surface area (Å²) in [4.78, 5) is 28.1. The summed E-state index contributed by atoms with van der Waals surface area (Å²) >= 11 is 6.45. The molecule has 2 amide bonds. The van der Waals surface area contributed by atoms with Gasteiger partial charge in [-0.15, -0.1) is 0 Å². The molecule has 0 aliphatic carbocycles. The van der Waals surface area contributed by atoms with Crippen molar-refractivity contribution in [3.8, 4) is 5.69 Å². The number of anilines is 1. The molecule has 4 rings (SSSR count). The minimum Gasteiger partial charge on any atom is -0.444 e. The van der Waals surface area contributed by atoms with Crippen molar-refractivity contribution in [2.45, 2.75) is 72.8 Å². The van der Waals surface area contributed by atoms with Gasteiger partial charge in [0.2, 0.25) is 0 Å². The lowest BCUT2D eigenvalue weighted by Gasteiger charge is -2.34. The monoisotopic (exact) mass is 536 g/mol. The van der Waals surface area contributed by atoms with E-state index >= 15 is 0 Å². The minimum absolute atomic E-state index is 0.0252. The summed E-state index contributed by atoms with van der Waals surface area (Å²) in [5, 5.41) is 8.42. The highest BCUT2D eigenvalue weighted by Gasteiger charge is 2.32. The normalized spacial score (nSPS) is 14.5. The molecule has 1 saturated heterocycles. The molecule has 0 atom stereocenters. The predicted molar refractivity (Wildman–Crippen MR) is 152 cm³/mol. The summed E-state index contributed by atoms with van der Waals surface area (Å²) in [6.07, 6.45) is 2.70. The molecule has 1 aliphatic rings. The Morgan fingerprint density at radius 3 is 2.21 bits per heavy atom. The number of aromatic nitrogens is 2. The van der Waals surface area contributed by atoms with Crippen LogP contribution in [-0.4, -0.2) is 45.4 Å². The van der Waals surface area contributed by atoms with E-state index in [0.29, 0.717) is 36.5 Å². The van der Waals surface area contributed by atoms with Crippen molar-refractivity contribution in [3.05, 3.63) is 75.1 Å². The van der Waals surface area contributed by atoms with E-state index < -0.39 is 5.60 Å². The molecule has 1 N–H and O–H groups in total. The SMILES string of the molecule is Cc1cc(C)c(NC(=O)c2cnn(-c3ccc(C)c(Cl)c3)c2C2CCN(C(=O)OC(C)(C)C)CC2)c(C)c1. The van der Waals surface area contributed by atoms with Gasteiger partial charge in [0.25, 0.3) is 5.91 Å². The Labute approximate surface area is 230 Å². The molecule has 0 saturated carbocycles. The summed E-state index contributed by atoms with van der Waals surface area (Å²) in [5.74, 6) is -0.175. The van der Waals surface area contributed by atoms with Crippen LogP contribution in [-0.2, 0) is 4.74 Å². The number of likely N-dealkylation sites (tertiary alicyclic amines) is 1. The van der Waals surface area contributed by atoms with E-state index in [0.717, 1.165) is 39.3 Å². The van der Waals surface area contributed by atoms with Gasteiger partial charge in [-0.1, -0.05) is 35.4 Å². The third-order valence-corrected chi connectivity index (χ3v) is 7.31. The fraction of sp³-hybridized carbons (Fsp3) is 0.433. The third-order valence-electron chi connectivity index (χ3n) is 6.90. The molecule has 7 nitrogen and oxygen atoms in total. The molecule has 2 heterocycles. The fourth-order valence-electron chi connectivity index (χ4n) is 5.07. The van der Waals surface area contributed by atoms with Crippen molar-refractivity contribution in [1.82, 2.24) is 14.7 Å². The number of rotatable bonds is 4. The molecule has 8 heteroatoms. The third kappa shape index (κ3) is 6.04. The van der Waals surface area contributed by atoms with Gasteiger partial charge >= 0.3 is 6.09 Å². The van der Waals surface area contributed by atoms with Crippen LogP contribution in [0.4, 0.5) is 10.5 Å². The Morgan fingerprint density at radius 1 is 1.00 bits per heavy atom. The highest BCUT2D eigenvalue weighted by molar-refractivity contribution is 6.31. The Balaban J connectivity index is 1.67. The average molecular weight is 537 g/mol. The van der Waals surface area contributed by atoms with E-state index in [1.165, 1.54) is 0 Å². The Morgan fingerprint density at radius 2 is 1.63 bits per heavy atom. The smallest absolute Gasteiger partial charge is 0.410 e. The molecule has 3 aromatic rings. The summed E-state index contributed by atoms with van der Waals surface area (Å²) in [7, 11) is 0. The lowest BCUT2D eigenvalue weighted by molar-refractivity contribution is 0.0203. The number of halogens is 1. The van der Waals surface area contributed by atoms with Crippen molar-refractivity contribution in [1.29, 1.82) is 0 Å². The summed E-state index contributed by atoms with van der Waals surface area (Å²) in [6, 6.07) is 9.91. The zero-order valence-electron chi connectivity index (χ0n) is 23.3. The number of benzene rings is 2. The standard InChI is InChI=1S/C30H37ClN4O3/c1-18-14-20(3)26(21(4)15-18)33-28(36)24-17-32-35(23-9-8-19(2)25(31)16-23)27(24)22-10-12-34(13-11-22)29(37)38-30(5,6)7/h8-9,14-17,22H,10-13H2,1-7H3,(H,33,36). The van der Waals surface area contributed by atoms with Gasteiger partial charge < -0.3 is 15.0 Å². The Hall–Kier alpha value is -3.32. The van der Waals surface area contributed by atoms with E-state index in [1.54, 1.807) is 11.1 Å². The van der Waals surface area contributed by atoms with Crippen LogP contribution in [0, 0.1) is 27.7 Å². The average Bonchev–Trinajstić information content (AvgIpc) is 3.27. The molecule has 0 bridgehead atoms. The highest BCUT2D eigenvalue weighted by atomic mass is 35.5. The van der Waals surface area contributed by atoms with Crippen molar-refractivity contribution in [2.75, 3.05) is 18.4 Å². The van der Waals surface area contributed by atoms with Crippen molar-refractivity contribution >= 4 is 29.3 Å². The number of nitrogens with one attached hydrogen (secondary N) is 1. The van der Waals surface area contributed by atoms with Crippen LogP contribution in [0.5, 0.6) is 0 Å². The van der Waals surface area contributed by atoms with Gasteiger partial charge in [0.05, 0.1) is 23.1 Å². The lowest BCUT2D eigenvalue weighted by Crippen LogP contribution is -2.41. The molecule has 2 aromatic carbocycles. The second-order valence-corrected chi connectivity index (χ2v) is 11.7. The van der Waals surface area contributed by atoms with Gasteiger partial charge in [-0.2, -0.15) is 5.10 Å². The first kappa shape index (κ1) is 27.7. The predicted octanol–water partition coefficient (Wildman–Crippen LogP) is 7.13. The number of hydrogen-bond acceptors (Lipinski definition) is 4. The number of nitrogens with zero attached hydrogens (tertiary/aromatic N) is 3. The first-order valence-electron chi connectivity index (χ1n) is 13.1. The molecular weight excluding hydrogens is 500 g/mol. The number of carbonyl (C=O) groups excluding carboxylic acids is 2. The Bertz CT molecular complexity index is 1340. The van der Waals surface area contributed by atoms with E-state index in [4.69, 9.17) is 16.3 Å². The van der Waals surface area contributed by atoms with Gasteiger partial charge in [-0.3, -0.25) is 4.79 Å². The second kappa shape index (κ2) is 10.8. The maximum atomic E-state index is 13.7. The molecule has 202 valence electrons. The number of ether oxygens (including phenoxy) is 1. The largest absolute Gasteiger partial charge is 0.444 e. The zero-order chi connectivity index (χ0) is 27.8. The lowest BCUT2D eigenvalue weighted by atomic mass is 9.90. The maximum Gasteiger partial charge on any atom is 0.410 e. The van der Waals surface area contributed by atoms with E-state index in [1.807, 2.05) is 71.3 Å². The van der Waals surface area contributed by atoms with Crippen LogP contribution in [0.3, 0.4) is 0 Å². The molecule has 0 radical (unpaired) electrons. The maximum absolute atomic E-state index is 13.7. The first-order valence-corrected chi connectivity index (χ1v) is 13.4. The molecule has 38 heavy (non-hydrogen) atoms. The van der Waals surface area contributed by atoms with E-state index in [-0.39, 0.29) is 17.9 Å². The summed E-state index contributed by atoms with van der Waals surface area (Å²) in [5.41, 5.74) is 6.57. The summed E-state index contributed by atoms with van der Waals surface area (Å²) in [6.45, 7) is 14.7. The molecule has 0 spiro atoms. The van der Waals surface area contributed by atoms with Crippen LogP contribution in [0.1, 0.15) is 77.8 Å². The zero-order valence-corrected chi connectivity index (χ0v) is 24.1. The summed E-state index contributed by atoms with van der Waals surface area (Å²) < 4.78 is 7.39. The number of hydrogen-bond donors (Lipinski definition) is 1. The quantitative estimate of drug-likeness (QED) is 0.385. The molecule has 0 unspecified atom stereocenters. The number of piperidine rings is 1. The minimum atomic E-state index is -0.547. The fourth-order valence-corrected chi connectivity index (χ4v) is 5.24. The topological polar surface area (TPSA) is 76.5 Å². The van der Waals surface area contributed by atoms with Crippen molar-refractivity contribution in [2.24, 2.45) is 0 Å². The van der Waals surface area contributed by atoms with Crippen molar-refractivity contribution in [3.63, 3.8) is 0 Å². The van der Waals surface area contributed by atoms with Crippen LogP contribution in [0.2, 0.25) is 5.02 Å². The van der Waals surface area contributed by atoms with Crippen LogP contribution >= 0.6 is 11.6 Å². The van der Waals surface area contributed by atoms with E-state index in [9.17, 15) is 9.59 Å². The van der Waals surface area contributed by atoms with Crippen LogP contribution in [0.25, 0.3) is 5.69 Å². The number of carbonyl (C=O) groups is 2. The van der Waals surface area contributed by atoms with Gasteiger partial charge in [0.1, 0.15) is 5.60 Å². The molecule has 1 fully saturated rings. The second-order valence-electron chi connectivity index (χ2n) is 11.3. The van der Waals surface area contributed by atoms with Gasteiger partial charge in [0.15, 0.2) is 0 Å². The van der Waals surface area contributed by atoms with Crippen LogP contribution in [0.15, 0.2) is 36.5 Å². The number of aryl methyl sites for hydroxylation is 4. The van der Waals surface area contributed by atoms with Gasteiger partial charge in [-0.25, -0.2) is 9.48 Å². The Kier molecular flexibility index (Phi) is 7.88. The van der Waals surface area contributed by atoms with E-state index in [2.05, 4.69) is 22.5 Å². The highest BCUT2D eigenvalue weighted by Crippen LogP contribution is 2.34. The van der Waals surface area contributed by atoms with Crippen LogP contribution < -0.4 is 5.32 Å². The number of amides is 2. The van der Waals surface area contributed by atoms with Gasteiger partial charge in [0, 0.05) is 29.7 Å². The first-order chi connectivity index (χ1) is 17.8. The molecule has 1 aliphatic heterocycles. The van der Waals surface area contributed by atoms with Crippen molar-refractivity contribution < 1.29 is 14.3 Å².